The van der Waals surface area contributed by atoms with Crippen LogP contribution >= 0.6 is 0 Å². The van der Waals surface area contributed by atoms with Crippen molar-refractivity contribution < 1.29 is 18.0 Å². The van der Waals surface area contributed by atoms with Gasteiger partial charge in [-0.15, -0.1) is 0 Å². The molecule has 2 aliphatic rings. The summed E-state index contributed by atoms with van der Waals surface area (Å²) in [4.78, 5) is 26.8. The molecule has 1 N–H and O–H groups in total. The zero-order valence-electron chi connectivity index (χ0n) is 11.8. The van der Waals surface area contributed by atoms with Crippen molar-refractivity contribution >= 4 is 21.8 Å². The van der Waals surface area contributed by atoms with Crippen molar-refractivity contribution in [3.05, 3.63) is 0 Å². The molecule has 7 nitrogen and oxygen atoms in total. The third-order valence-electron chi connectivity index (χ3n) is 3.64. The van der Waals surface area contributed by atoms with Crippen molar-refractivity contribution in [1.82, 2.24) is 15.1 Å². The Labute approximate surface area is 119 Å². The molecular formula is C12H21N3O4S. The summed E-state index contributed by atoms with van der Waals surface area (Å²) >= 11 is 0. The number of likely N-dealkylation sites (tertiary alicyclic amines) is 1. The molecule has 0 bridgehead atoms. The highest BCUT2D eigenvalue weighted by Gasteiger charge is 2.36. The lowest BCUT2D eigenvalue weighted by Gasteiger charge is -2.43. The van der Waals surface area contributed by atoms with Crippen LogP contribution in [0.3, 0.4) is 0 Å². The van der Waals surface area contributed by atoms with Crippen LogP contribution in [0.1, 0.15) is 13.8 Å². The van der Waals surface area contributed by atoms with Gasteiger partial charge in [0.1, 0.15) is 0 Å². The van der Waals surface area contributed by atoms with E-state index in [2.05, 4.69) is 5.32 Å². The number of amides is 3. The Bertz CT molecular complexity index is 483. The molecule has 0 radical (unpaired) electrons. The molecule has 8 heteroatoms. The van der Waals surface area contributed by atoms with Crippen LogP contribution in [-0.2, 0) is 14.6 Å². The molecule has 0 aliphatic carbocycles. The van der Waals surface area contributed by atoms with Gasteiger partial charge in [0.05, 0.1) is 17.5 Å². The Morgan fingerprint density at radius 3 is 2.15 bits per heavy atom. The van der Waals surface area contributed by atoms with Crippen LogP contribution in [0.25, 0.3) is 0 Å². The highest BCUT2D eigenvalue weighted by molar-refractivity contribution is 7.91. The van der Waals surface area contributed by atoms with Gasteiger partial charge in [0.15, 0.2) is 9.84 Å². The van der Waals surface area contributed by atoms with Gasteiger partial charge in [0.25, 0.3) is 0 Å². The molecule has 0 saturated carbocycles. The van der Waals surface area contributed by atoms with Crippen LogP contribution in [0.4, 0.5) is 4.79 Å². The number of hydrogen-bond acceptors (Lipinski definition) is 4. The summed E-state index contributed by atoms with van der Waals surface area (Å²) < 4.78 is 22.6. The second-order valence-corrected chi connectivity index (χ2v) is 7.99. The minimum atomic E-state index is -2.97. The van der Waals surface area contributed by atoms with Crippen LogP contribution in [0.15, 0.2) is 0 Å². The summed E-state index contributed by atoms with van der Waals surface area (Å²) in [6.45, 7) is 5.18. The molecule has 0 aromatic heterocycles. The van der Waals surface area contributed by atoms with Gasteiger partial charge in [0.2, 0.25) is 5.91 Å². The summed E-state index contributed by atoms with van der Waals surface area (Å²) in [5.41, 5.74) is 0. The molecule has 2 aliphatic heterocycles. The Hall–Kier alpha value is -1.31. The number of urea groups is 1. The van der Waals surface area contributed by atoms with E-state index < -0.39 is 9.84 Å². The molecule has 2 heterocycles. The Balaban J connectivity index is 1.76. The highest BCUT2D eigenvalue weighted by atomic mass is 32.2. The second-order valence-electron chi connectivity index (χ2n) is 5.69. The number of sulfone groups is 1. The number of carbonyl (C=O) groups is 2. The monoisotopic (exact) mass is 303 g/mol. The maximum absolute atomic E-state index is 12.1. The fourth-order valence-corrected chi connectivity index (χ4v) is 3.40. The third-order valence-corrected chi connectivity index (χ3v) is 5.25. The second kappa shape index (κ2) is 5.59. The molecule has 0 unspecified atom stereocenters. The molecule has 3 amide bonds. The molecule has 0 aromatic rings. The Morgan fingerprint density at radius 2 is 1.65 bits per heavy atom. The van der Waals surface area contributed by atoms with Gasteiger partial charge in [0, 0.05) is 32.1 Å². The van der Waals surface area contributed by atoms with E-state index in [1.165, 1.54) is 0 Å². The van der Waals surface area contributed by atoms with Gasteiger partial charge in [-0.25, -0.2) is 13.2 Å². The normalized spacial score (nSPS) is 22.6. The number of carbonyl (C=O) groups excluding carboxylic acids is 2. The standard InChI is InChI=1S/C12H21N3O4S/c1-9(2)11(16)13-10-7-15(8-10)12(17)14-3-5-20(18,19)6-4-14/h9-10H,3-8H2,1-2H3,(H,13,16). The fraction of sp³-hybridized carbons (Fsp3) is 0.833. The van der Waals surface area contributed by atoms with Crippen LogP contribution in [0.2, 0.25) is 0 Å². The largest absolute Gasteiger partial charge is 0.350 e. The first-order chi connectivity index (χ1) is 9.28. The van der Waals surface area contributed by atoms with Crippen molar-refractivity contribution in [3.8, 4) is 0 Å². The molecule has 2 fully saturated rings. The van der Waals surface area contributed by atoms with Crippen molar-refractivity contribution in [2.24, 2.45) is 5.92 Å². The highest BCUT2D eigenvalue weighted by Crippen LogP contribution is 2.14. The fourth-order valence-electron chi connectivity index (χ4n) is 2.20. The minimum absolute atomic E-state index is 0.00818. The van der Waals surface area contributed by atoms with E-state index in [0.29, 0.717) is 13.1 Å². The Kier molecular flexibility index (Phi) is 4.22. The van der Waals surface area contributed by atoms with E-state index >= 15 is 0 Å². The van der Waals surface area contributed by atoms with Crippen LogP contribution in [0.5, 0.6) is 0 Å². The zero-order valence-corrected chi connectivity index (χ0v) is 12.6. The average molecular weight is 303 g/mol. The first kappa shape index (κ1) is 15.1. The number of hydrogen-bond donors (Lipinski definition) is 1. The Morgan fingerprint density at radius 1 is 1.10 bits per heavy atom. The summed E-state index contributed by atoms with van der Waals surface area (Å²) in [6, 6.07) is -0.114. The zero-order chi connectivity index (χ0) is 14.9. The van der Waals surface area contributed by atoms with E-state index in [4.69, 9.17) is 0 Å². The molecule has 114 valence electrons. The maximum atomic E-state index is 12.1. The van der Waals surface area contributed by atoms with Gasteiger partial charge in [-0.2, -0.15) is 0 Å². The molecular weight excluding hydrogens is 282 g/mol. The van der Waals surface area contributed by atoms with Crippen molar-refractivity contribution in [2.45, 2.75) is 19.9 Å². The van der Waals surface area contributed by atoms with E-state index in [-0.39, 0.29) is 48.5 Å². The minimum Gasteiger partial charge on any atom is -0.350 e. The maximum Gasteiger partial charge on any atom is 0.320 e. The number of rotatable bonds is 2. The average Bonchev–Trinajstić information content (AvgIpc) is 2.32. The van der Waals surface area contributed by atoms with Gasteiger partial charge in [-0.05, 0) is 0 Å². The van der Waals surface area contributed by atoms with Gasteiger partial charge >= 0.3 is 6.03 Å². The first-order valence-corrected chi connectivity index (χ1v) is 8.65. The van der Waals surface area contributed by atoms with Crippen molar-refractivity contribution in [2.75, 3.05) is 37.7 Å². The van der Waals surface area contributed by atoms with Crippen molar-refractivity contribution in [3.63, 3.8) is 0 Å². The quantitative estimate of drug-likeness (QED) is 0.730. The summed E-state index contributed by atoms with van der Waals surface area (Å²) in [7, 11) is -2.97. The van der Waals surface area contributed by atoms with Gasteiger partial charge in [-0.3, -0.25) is 4.79 Å². The summed E-state index contributed by atoms with van der Waals surface area (Å²) in [5, 5.41) is 2.87. The lowest BCUT2D eigenvalue weighted by Crippen LogP contribution is -2.64. The molecule has 0 atom stereocenters. The van der Waals surface area contributed by atoms with Crippen molar-refractivity contribution in [1.29, 1.82) is 0 Å². The predicted octanol–water partition coefficient (Wildman–Crippen LogP) is -0.707. The van der Waals surface area contributed by atoms with E-state index in [9.17, 15) is 18.0 Å². The van der Waals surface area contributed by atoms with Crippen LogP contribution < -0.4 is 5.32 Å². The third kappa shape index (κ3) is 3.41. The molecule has 2 rings (SSSR count). The topological polar surface area (TPSA) is 86.8 Å². The van der Waals surface area contributed by atoms with Crippen LogP contribution in [-0.4, -0.2) is 73.9 Å². The molecule has 20 heavy (non-hydrogen) atoms. The molecule has 0 aromatic carbocycles. The summed E-state index contributed by atoms with van der Waals surface area (Å²) in [5.74, 6) is 0.0124. The SMILES string of the molecule is CC(C)C(=O)NC1CN(C(=O)N2CCS(=O)(=O)CC2)C1. The first-order valence-electron chi connectivity index (χ1n) is 6.83. The van der Waals surface area contributed by atoms with E-state index in [1.807, 2.05) is 13.8 Å². The van der Waals surface area contributed by atoms with E-state index in [0.717, 1.165) is 0 Å². The van der Waals surface area contributed by atoms with Crippen LogP contribution in [0, 0.1) is 5.92 Å². The van der Waals surface area contributed by atoms with E-state index in [1.54, 1.807) is 9.80 Å². The smallest absolute Gasteiger partial charge is 0.320 e. The number of nitrogens with zero attached hydrogens (tertiary/aromatic N) is 2. The van der Waals surface area contributed by atoms with Gasteiger partial charge < -0.3 is 15.1 Å². The lowest BCUT2D eigenvalue weighted by atomic mass is 10.1. The molecule has 0 spiro atoms. The number of nitrogens with one attached hydrogen (secondary N) is 1. The van der Waals surface area contributed by atoms with Gasteiger partial charge in [-0.1, -0.05) is 13.8 Å². The lowest BCUT2D eigenvalue weighted by molar-refractivity contribution is -0.125. The molecule has 2 saturated heterocycles. The summed E-state index contributed by atoms with van der Waals surface area (Å²) in [6.07, 6.45) is 0. The predicted molar refractivity (Wildman–Crippen MR) is 74.0 cm³/mol.